The van der Waals surface area contributed by atoms with E-state index in [1.165, 1.54) is 4.88 Å². The molecule has 1 rings (SSSR count). The number of rotatable bonds is 7. The van der Waals surface area contributed by atoms with Gasteiger partial charge in [0.05, 0.1) is 6.54 Å². The zero-order valence-electron chi connectivity index (χ0n) is 10.0. The van der Waals surface area contributed by atoms with Gasteiger partial charge in [0, 0.05) is 18.0 Å². The van der Waals surface area contributed by atoms with Crippen LogP contribution in [0, 0.1) is 0 Å². The Morgan fingerprint density at radius 1 is 1.50 bits per heavy atom. The molecule has 0 radical (unpaired) electrons. The maximum atomic E-state index is 11.6. The lowest BCUT2D eigenvalue weighted by molar-refractivity contribution is -0.122. The van der Waals surface area contributed by atoms with Crippen molar-refractivity contribution in [2.75, 3.05) is 19.6 Å². The van der Waals surface area contributed by atoms with Crippen molar-refractivity contribution in [3.8, 4) is 0 Å². The molecule has 1 heterocycles. The van der Waals surface area contributed by atoms with Crippen molar-refractivity contribution >= 4 is 17.2 Å². The Hall–Kier alpha value is -0.870. The van der Waals surface area contributed by atoms with E-state index in [1.807, 2.05) is 6.07 Å². The van der Waals surface area contributed by atoms with Crippen LogP contribution in [0.4, 0.5) is 0 Å². The summed E-state index contributed by atoms with van der Waals surface area (Å²) in [6, 6.07) is 4.16. The zero-order valence-corrected chi connectivity index (χ0v) is 10.8. The van der Waals surface area contributed by atoms with Gasteiger partial charge in [-0.3, -0.25) is 9.69 Å². The standard InChI is InChI=1S/C12H20N2OS/c1-3-7-13-12(15)10-14(4-2)9-11-6-5-8-16-11/h5-6,8H,3-4,7,9-10H2,1-2H3,(H,13,15). The molecular formula is C12H20N2OS. The molecule has 4 heteroatoms. The summed E-state index contributed by atoms with van der Waals surface area (Å²) in [7, 11) is 0. The number of amides is 1. The van der Waals surface area contributed by atoms with E-state index in [-0.39, 0.29) is 5.91 Å². The summed E-state index contributed by atoms with van der Waals surface area (Å²) < 4.78 is 0. The Bertz CT molecular complexity index is 298. The first-order valence-electron chi connectivity index (χ1n) is 5.77. The van der Waals surface area contributed by atoms with E-state index in [1.54, 1.807) is 11.3 Å². The maximum absolute atomic E-state index is 11.6. The van der Waals surface area contributed by atoms with Gasteiger partial charge in [-0.1, -0.05) is 19.9 Å². The molecule has 0 atom stereocenters. The molecular weight excluding hydrogens is 220 g/mol. The minimum absolute atomic E-state index is 0.125. The topological polar surface area (TPSA) is 32.3 Å². The predicted molar refractivity (Wildman–Crippen MR) is 68.6 cm³/mol. The molecule has 0 aliphatic carbocycles. The lowest BCUT2D eigenvalue weighted by Crippen LogP contribution is -2.36. The van der Waals surface area contributed by atoms with Crippen molar-refractivity contribution in [3.63, 3.8) is 0 Å². The van der Waals surface area contributed by atoms with Crippen molar-refractivity contribution in [2.45, 2.75) is 26.8 Å². The molecule has 0 saturated carbocycles. The van der Waals surface area contributed by atoms with Crippen molar-refractivity contribution in [1.82, 2.24) is 10.2 Å². The largest absolute Gasteiger partial charge is 0.355 e. The Morgan fingerprint density at radius 2 is 2.31 bits per heavy atom. The van der Waals surface area contributed by atoms with Crippen molar-refractivity contribution in [1.29, 1.82) is 0 Å². The van der Waals surface area contributed by atoms with Gasteiger partial charge in [0.25, 0.3) is 0 Å². The minimum atomic E-state index is 0.125. The summed E-state index contributed by atoms with van der Waals surface area (Å²) >= 11 is 1.74. The Balaban J connectivity index is 2.34. The highest BCUT2D eigenvalue weighted by Gasteiger charge is 2.09. The van der Waals surface area contributed by atoms with E-state index in [9.17, 15) is 4.79 Å². The lowest BCUT2D eigenvalue weighted by atomic mass is 10.4. The van der Waals surface area contributed by atoms with Crippen LogP contribution >= 0.6 is 11.3 Å². The average Bonchev–Trinajstić information content (AvgIpc) is 2.78. The van der Waals surface area contributed by atoms with Crippen LogP contribution in [-0.2, 0) is 11.3 Å². The first kappa shape index (κ1) is 13.2. The number of hydrogen-bond donors (Lipinski definition) is 1. The molecule has 0 aromatic carbocycles. The normalized spacial score (nSPS) is 10.7. The number of nitrogens with zero attached hydrogens (tertiary/aromatic N) is 1. The smallest absolute Gasteiger partial charge is 0.234 e. The average molecular weight is 240 g/mol. The van der Waals surface area contributed by atoms with E-state index in [4.69, 9.17) is 0 Å². The van der Waals surface area contributed by atoms with Gasteiger partial charge in [0.2, 0.25) is 5.91 Å². The molecule has 16 heavy (non-hydrogen) atoms. The first-order valence-corrected chi connectivity index (χ1v) is 6.65. The number of carbonyl (C=O) groups is 1. The van der Waals surface area contributed by atoms with Gasteiger partial charge in [-0.25, -0.2) is 0 Å². The Morgan fingerprint density at radius 3 is 2.88 bits per heavy atom. The van der Waals surface area contributed by atoms with Gasteiger partial charge in [-0.05, 0) is 24.4 Å². The number of likely N-dealkylation sites (N-methyl/N-ethyl adjacent to an activating group) is 1. The molecule has 1 aromatic rings. The van der Waals surface area contributed by atoms with E-state index in [2.05, 4.69) is 35.5 Å². The molecule has 3 nitrogen and oxygen atoms in total. The molecule has 0 bridgehead atoms. The van der Waals surface area contributed by atoms with Crippen LogP contribution in [-0.4, -0.2) is 30.4 Å². The molecule has 90 valence electrons. The monoisotopic (exact) mass is 240 g/mol. The summed E-state index contributed by atoms with van der Waals surface area (Å²) in [5.41, 5.74) is 0. The van der Waals surface area contributed by atoms with Gasteiger partial charge < -0.3 is 5.32 Å². The van der Waals surface area contributed by atoms with Crippen molar-refractivity contribution < 1.29 is 4.79 Å². The fraction of sp³-hybridized carbons (Fsp3) is 0.583. The Kier molecular flexibility index (Phi) is 6.11. The van der Waals surface area contributed by atoms with Crippen LogP contribution in [0.15, 0.2) is 17.5 Å². The second kappa shape index (κ2) is 7.41. The quantitative estimate of drug-likeness (QED) is 0.791. The number of nitrogens with one attached hydrogen (secondary N) is 1. The lowest BCUT2D eigenvalue weighted by Gasteiger charge is -2.18. The second-order valence-electron chi connectivity index (χ2n) is 3.73. The Labute approximate surface area is 101 Å². The van der Waals surface area contributed by atoms with Crippen LogP contribution in [0.2, 0.25) is 0 Å². The number of hydrogen-bond acceptors (Lipinski definition) is 3. The van der Waals surface area contributed by atoms with Crippen molar-refractivity contribution in [2.24, 2.45) is 0 Å². The van der Waals surface area contributed by atoms with Crippen LogP contribution in [0.5, 0.6) is 0 Å². The third-order valence-electron chi connectivity index (χ3n) is 2.35. The first-order chi connectivity index (χ1) is 7.76. The SMILES string of the molecule is CCCNC(=O)CN(CC)Cc1cccs1. The second-order valence-corrected chi connectivity index (χ2v) is 4.76. The molecule has 0 unspecified atom stereocenters. The number of thiophene rings is 1. The third kappa shape index (κ3) is 4.77. The highest BCUT2D eigenvalue weighted by molar-refractivity contribution is 7.09. The molecule has 1 aromatic heterocycles. The molecule has 1 amide bonds. The summed E-state index contributed by atoms with van der Waals surface area (Å²) in [6.07, 6.45) is 0.989. The zero-order chi connectivity index (χ0) is 11.8. The van der Waals surface area contributed by atoms with Crippen LogP contribution in [0.1, 0.15) is 25.1 Å². The van der Waals surface area contributed by atoms with Crippen LogP contribution < -0.4 is 5.32 Å². The third-order valence-corrected chi connectivity index (χ3v) is 3.21. The van der Waals surface area contributed by atoms with Gasteiger partial charge in [-0.15, -0.1) is 11.3 Å². The fourth-order valence-electron chi connectivity index (χ4n) is 1.43. The molecule has 0 fully saturated rings. The van der Waals surface area contributed by atoms with Crippen LogP contribution in [0.3, 0.4) is 0 Å². The summed E-state index contributed by atoms with van der Waals surface area (Å²) in [4.78, 5) is 15.0. The summed E-state index contributed by atoms with van der Waals surface area (Å²) in [5, 5.41) is 4.97. The van der Waals surface area contributed by atoms with Gasteiger partial charge in [-0.2, -0.15) is 0 Å². The molecule has 1 N–H and O–H groups in total. The minimum Gasteiger partial charge on any atom is -0.355 e. The highest BCUT2D eigenvalue weighted by Crippen LogP contribution is 2.11. The highest BCUT2D eigenvalue weighted by atomic mass is 32.1. The maximum Gasteiger partial charge on any atom is 0.234 e. The number of carbonyl (C=O) groups excluding carboxylic acids is 1. The van der Waals surface area contributed by atoms with E-state index >= 15 is 0 Å². The molecule has 0 spiro atoms. The molecule has 0 aliphatic rings. The van der Waals surface area contributed by atoms with E-state index in [0.29, 0.717) is 6.54 Å². The molecule has 0 aliphatic heterocycles. The van der Waals surface area contributed by atoms with Gasteiger partial charge in [0.15, 0.2) is 0 Å². The van der Waals surface area contributed by atoms with E-state index < -0.39 is 0 Å². The van der Waals surface area contributed by atoms with Crippen LogP contribution in [0.25, 0.3) is 0 Å². The fourth-order valence-corrected chi connectivity index (χ4v) is 2.17. The summed E-state index contributed by atoms with van der Waals surface area (Å²) in [6.45, 7) is 7.18. The van der Waals surface area contributed by atoms with E-state index in [0.717, 1.165) is 26.1 Å². The van der Waals surface area contributed by atoms with Crippen molar-refractivity contribution in [3.05, 3.63) is 22.4 Å². The van der Waals surface area contributed by atoms with Gasteiger partial charge >= 0.3 is 0 Å². The molecule has 0 saturated heterocycles. The summed E-state index contributed by atoms with van der Waals surface area (Å²) in [5.74, 6) is 0.125. The van der Waals surface area contributed by atoms with Gasteiger partial charge in [0.1, 0.15) is 0 Å². The predicted octanol–water partition coefficient (Wildman–Crippen LogP) is 2.10.